The first-order valence-corrected chi connectivity index (χ1v) is 7.16. The zero-order valence-corrected chi connectivity index (χ0v) is 12.7. The van der Waals surface area contributed by atoms with Gasteiger partial charge in [-0.2, -0.15) is 5.26 Å². The molecule has 1 aromatic carbocycles. The van der Waals surface area contributed by atoms with E-state index < -0.39 is 17.7 Å². The minimum Gasteiger partial charge on any atom is -0.485 e. The summed E-state index contributed by atoms with van der Waals surface area (Å²) in [6.07, 6.45) is 1.76. The quantitative estimate of drug-likeness (QED) is 0.886. The number of hydrogen-bond acceptors (Lipinski definition) is 5. The summed E-state index contributed by atoms with van der Waals surface area (Å²) in [5.74, 6) is 0.172. The predicted octanol–water partition coefficient (Wildman–Crippen LogP) is 2.15. The third-order valence-electron chi connectivity index (χ3n) is 3.94. The molecule has 0 saturated heterocycles. The van der Waals surface area contributed by atoms with Gasteiger partial charge in [-0.05, 0) is 38.1 Å². The fourth-order valence-corrected chi connectivity index (χ4v) is 2.64. The number of aliphatic hydroxyl groups is 1. The van der Waals surface area contributed by atoms with Crippen LogP contribution in [-0.2, 0) is 0 Å². The number of rotatable bonds is 2. The predicted molar refractivity (Wildman–Crippen MR) is 80.8 cm³/mol. The molecule has 6 heteroatoms. The summed E-state index contributed by atoms with van der Waals surface area (Å²) >= 11 is 0. The Labute approximate surface area is 133 Å². The lowest BCUT2D eigenvalue weighted by Gasteiger charge is -2.42. The second-order valence-corrected chi connectivity index (χ2v) is 5.98. The number of amides is 1. The van der Waals surface area contributed by atoms with Gasteiger partial charge in [0.1, 0.15) is 23.7 Å². The number of nitriles is 1. The van der Waals surface area contributed by atoms with Crippen LogP contribution in [0.25, 0.3) is 0 Å². The number of hydrogen-bond donors (Lipinski definition) is 2. The summed E-state index contributed by atoms with van der Waals surface area (Å²) in [6.45, 7) is 3.49. The van der Waals surface area contributed by atoms with Crippen molar-refractivity contribution < 1.29 is 19.1 Å². The Morgan fingerprint density at radius 2 is 2.17 bits per heavy atom. The highest BCUT2D eigenvalue weighted by Crippen LogP contribution is 2.40. The van der Waals surface area contributed by atoms with Crippen LogP contribution in [0, 0.1) is 11.3 Å². The van der Waals surface area contributed by atoms with Crippen molar-refractivity contribution in [3.8, 4) is 11.8 Å². The molecule has 118 valence electrons. The highest BCUT2D eigenvalue weighted by Gasteiger charge is 2.43. The number of carbonyl (C=O) groups is 1. The van der Waals surface area contributed by atoms with Crippen LogP contribution in [0.15, 0.2) is 41.2 Å². The van der Waals surface area contributed by atoms with Gasteiger partial charge in [0.15, 0.2) is 0 Å². The van der Waals surface area contributed by atoms with Gasteiger partial charge in [0, 0.05) is 5.56 Å². The number of carbonyl (C=O) groups excluding carboxylic acids is 1. The summed E-state index contributed by atoms with van der Waals surface area (Å²) in [7, 11) is 0. The van der Waals surface area contributed by atoms with E-state index in [-0.39, 0.29) is 5.91 Å². The van der Waals surface area contributed by atoms with E-state index in [1.54, 1.807) is 38.1 Å². The van der Waals surface area contributed by atoms with E-state index >= 15 is 0 Å². The zero-order valence-electron chi connectivity index (χ0n) is 12.7. The standard InChI is InChI=1S/C17H16N2O4/c1-17(2)15(20)14(19-16(21)11-5-6-22-9-11)12-7-10(8-18)3-4-13(12)23-17/h3-7,9,14-15,20H,1-2H3,(H,19,21)/t14-,15+/m1/s1. The number of furan rings is 1. The van der Waals surface area contributed by atoms with Crippen molar-refractivity contribution in [3.63, 3.8) is 0 Å². The second kappa shape index (κ2) is 5.45. The van der Waals surface area contributed by atoms with Crippen LogP contribution in [0.3, 0.4) is 0 Å². The molecular weight excluding hydrogens is 296 g/mol. The first kappa shape index (κ1) is 15.1. The summed E-state index contributed by atoms with van der Waals surface area (Å²) in [5, 5.41) is 22.5. The van der Waals surface area contributed by atoms with Crippen LogP contribution in [-0.4, -0.2) is 22.7 Å². The highest BCUT2D eigenvalue weighted by atomic mass is 16.5. The fraction of sp³-hybridized carbons (Fsp3) is 0.294. The van der Waals surface area contributed by atoms with Crippen molar-refractivity contribution >= 4 is 5.91 Å². The molecule has 0 spiro atoms. The Hall–Kier alpha value is -2.78. The number of ether oxygens (including phenoxy) is 1. The smallest absolute Gasteiger partial charge is 0.255 e. The van der Waals surface area contributed by atoms with E-state index in [1.807, 2.05) is 6.07 Å². The Morgan fingerprint density at radius 3 is 2.83 bits per heavy atom. The van der Waals surface area contributed by atoms with Crippen LogP contribution in [0.2, 0.25) is 0 Å². The van der Waals surface area contributed by atoms with Gasteiger partial charge < -0.3 is 19.6 Å². The molecule has 0 unspecified atom stereocenters. The van der Waals surface area contributed by atoms with E-state index in [9.17, 15) is 9.90 Å². The minimum absolute atomic E-state index is 0.361. The lowest BCUT2D eigenvalue weighted by Crippen LogP contribution is -2.53. The van der Waals surface area contributed by atoms with Gasteiger partial charge in [-0.15, -0.1) is 0 Å². The number of aliphatic hydroxyl groups excluding tert-OH is 1. The topological polar surface area (TPSA) is 95.5 Å². The van der Waals surface area contributed by atoms with Crippen molar-refractivity contribution in [1.82, 2.24) is 5.32 Å². The van der Waals surface area contributed by atoms with E-state index in [0.717, 1.165) is 0 Å². The maximum Gasteiger partial charge on any atom is 0.255 e. The van der Waals surface area contributed by atoms with Crippen LogP contribution >= 0.6 is 0 Å². The largest absolute Gasteiger partial charge is 0.485 e. The van der Waals surface area contributed by atoms with Gasteiger partial charge in [0.25, 0.3) is 5.91 Å². The number of fused-ring (bicyclic) bond motifs is 1. The molecule has 2 heterocycles. The lowest BCUT2D eigenvalue weighted by molar-refractivity contribution is -0.0627. The highest BCUT2D eigenvalue weighted by molar-refractivity contribution is 5.94. The van der Waals surface area contributed by atoms with E-state index in [2.05, 4.69) is 5.32 Å². The first-order valence-electron chi connectivity index (χ1n) is 7.16. The van der Waals surface area contributed by atoms with Gasteiger partial charge in [0.2, 0.25) is 0 Å². The molecule has 0 radical (unpaired) electrons. The van der Waals surface area contributed by atoms with Gasteiger partial charge in [-0.25, -0.2) is 0 Å². The summed E-state index contributed by atoms with van der Waals surface area (Å²) < 4.78 is 10.7. The summed E-state index contributed by atoms with van der Waals surface area (Å²) in [6, 6.07) is 7.84. The number of benzene rings is 1. The van der Waals surface area contributed by atoms with Crippen LogP contribution in [0.1, 0.15) is 41.4 Å². The molecule has 0 aliphatic carbocycles. The first-order chi connectivity index (χ1) is 10.9. The zero-order chi connectivity index (χ0) is 16.6. The molecule has 0 saturated carbocycles. The monoisotopic (exact) mass is 312 g/mol. The molecule has 3 rings (SSSR count). The second-order valence-electron chi connectivity index (χ2n) is 5.98. The van der Waals surface area contributed by atoms with E-state index in [0.29, 0.717) is 22.4 Å². The van der Waals surface area contributed by atoms with Crippen molar-refractivity contribution in [2.45, 2.75) is 31.6 Å². The molecular formula is C17H16N2O4. The molecule has 1 aliphatic heterocycles. The molecule has 2 N–H and O–H groups in total. The molecule has 1 aliphatic rings. The van der Waals surface area contributed by atoms with E-state index in [1.165, 1.54) is 12.5 Å². The maximum atomic E-state index is 12.3. The van der Waals surface area contributed by atoms with Gasteiger partial charge in [-0.3, -0.25) is 4.79 Å². The van der Waals surface area contributed by atoms with Crippen LogP contribution in [0.4, 0.5) is 0 Å². The van der Waals surface area contributed by atoms with Crippen LogP contribution in [0.5, 0.6) is 5.75 Å². The Balaban J connectivity index is 2.00. The molecule has 2 atom stereocenters. The van der Waals surface area contributed by atoms with Crippen molar-refractivity contribution in [3.05, 3.63) is 53.5 Å². The molecule has 0 fully saturated rings. The Bertz CT molecular complexity index is 774. The third kappa shape index (κ3) is 2.67. The summed E-state index contributed by atoms with van der Waals surface area (Å²) in [5.41, 5.74) is 0.490. The average molecular weight is 312 g/mol. The van der Waals surface area contributed by atoms with Crippen molar-refractivity contribution in [1.29, 1.82) is 5.26 Å². The molecule has 23 heavy (non-hydrogen) atoms. The molecule has 1 amide bonds. The SMILES string of the molecule is CC1(C)Oc2ccc(C#N)cc2[C@@H](NC(=O)c2ccoc2)[C@@H]1O. The van der Waals surface area contributed by atoms with Gasteiger partial charge >= 0.3 is 0 Å². The van der Waals surface area contributed by atoms with Crippen molar-refractivity contribution in [2.75, 3.05) is 0 Å². The Morgan fingerprint density at radius 1 is 1.39 bits per heavy atom. The van der Waals surface area contributed by atoms with E-state index in [4.69, 9.17) is 14.4 Å². The average Bonchev–Trinajstić information content (AvgIpc) is 3.05. The summed E-state index contributed by atoms with van der Waals surface area (Å²) in [4.78, 5) is 12.3. The number of nitrogens with zero attached hydrogens (tertiary/aromatic N) is 1. The molecule has 1 aromatic heterocycles. The van der Waals surface area contributed by atoms with Crippen molar-refractivity contribution in [2.24, 2.45) is 0 Å². The van der Waals surface area contributed by atoms with Gasteiger partial charge in [-0.1, -0.05) is 0 Å². The van der Waals surface area contributed by atoms with Gasteiger partial charge in [0.05, 0.1) is 29.5 Å². The lowest BCUT2D eigenvalue weighted by atomic mass is 9.86. The normalized spacial score (nSPS) is 21.7. The fourth-order valence-electron chi connectivity index (χ4n) is 2.64. The Kier molecular flexibility index (Phi) is 3.58. The molecule has 2 aromatic rings. The number of nitrogens with one attached hydrogen (secondary N) is 1. The maximum absolute atomic E-state index is 12.3. The minimum atomic E-state index is -0.972. The molecule has 6 nitrogen and oxygen atoms in total. The molecule has 0 bridgehead atoms. The third-order valence-corrected chi connectivity index (χ3v) is 3.94. The van der Waals surface area contributed by atoms with Crippen LogP contribution < -0.4 is 10.1 Å².